The Kier molecular flexibility index (Phi) is 8.73. The van der Waals surface area contributed by atoms with Gasteiger partial charge in [0.1, 0.15) is 0 Å². The Morgan fingerprint density at radius 2 is 2.00 bits per heavy atom. The molecule has 26 heavy (non-hydrogen) atoms. The van der Waals surface area contributed by atoms with Crippen LogP contribution in [0.2, 0.25) is 0 Å². The summed E-state index contributed by atoms with van der Waals surface area (Å²) in [6.07, 6.45) is 2.11. The Morgan fingerprint density at radius 3 is 2.58 bits per heavy atom. The molecule has 0 bridgehead atoms. The Bertz CT molecular complexity index is 586. The first-order chi connectivity index (χ1) is 11.4. The minimum Gasteiger partial charge on any atom is -0.325 e. The van der Waals surface area contributed by atoms with Gasteiger partial charge >= 0.3 is 0 Å². The van der Waals surface area contributed by atoms with E-state index < -0.39 is 30.8 Å². The summed E-state index contributed by atoms with van der Waals surface area (Å²) in [6.45, 7) is 5.02. The molecule has 148 valence electrons. The summed E-state index contributed by atoms with van der Waals surface area (Å²) in [7, 11) is 0. The van der Waals surface area contributed by atoms with Crippen molar-refractivity contribution >= 4 is 36.4 Å². The number of benzene rings is 1. The molecule has 0 spiro atoms. The van der Waals surface area contributed by atoms with Crippen LogP contribution in [0.15, 0.2) is 24.3 Å². The molecule has 0 saturated carbocycles. The molecule has 2 unspecified atom stereocenters. The highest BCUT2D eigenvalue weighted by Crippen LogP contribution is 2.26. The maximum Gasteiger partial charge on any atom is 0.262 e. The van der Waals surface area contributed by atoms with Gasteiger partial charge in [0.05, 0.1) is 12.6 Å². The first kappa shape index (κ1) is 23.1. The second-order valence-electron chi connectivity index (χ2n) is 7.16. The van der Waals surface area contributed by atoms with Gasteiger partial charge in [-0.25, -0.2) is 8.78 Å². The Hall–Kier alpha value is -0.950. The quantitative estimate of drug-likeness (QED) is 0.796. The highest BCUT2D eigenvalue weighted by atomic mass is 35.5. The molecule has 2 aliphatic rings. The van der Waals surface area contributed by atoms with E-state index >= 15 is 0 Å². The number of halogens is 4. The fourth-order valence-electron chi connectivity index (χ4n) is 3.51. The number of rotatable bonds is 4. The summed E-state index contributed by atoms with van der Waals surface area (Å²) in [5.74, 6) is -2.45. The number of nitrogens with one attached hydrogen (secondary N) is 2. The predicted molar refractivity (Wildman–Crippen MR) is 105 cm³/mol. The molecule has 2 saturated heterocycles. The van der Waals surface area contributed by atoms with E-state index in [1.54, 1.807) is 0 Å². The lowest BCUT2D eigenvalue weighted by Gasteiger charge is -2.30. The lowest BCUT2D eigenvalue weighted by atomic mass is 10.00. The van der Waals surface area contributed by atoms with Gasteiger partial charge in [-0.2, -0.15) is 0 Å². The van der Waals surface area contributed by atoms with E-state index in [-0.39, 0.29) is 24.8 Å². The number of carbonyl (C=O) groups excluding carboxylic acids is 1. The molecule has 8 heteroatoms. The minimum atomic E-state index is -2.79. The van der Waals surface area contributed by atoms with Gasteiger partial charge in [-0.3, -0.25) is 15.0 Å². The molecule has 0 aromatic heterocycles. The summed E-state index contributed by atoms with van der Waals surface area (Å²) in [6, 6.07) is 6.84. The number of anilines is 1. The van der Waals surface area contributed by atoms with Crippen molar-refractivity contribution in [2.45, 2.75) is 44.7 Å². The zero-order chi connectivity index (χ0) is 17.2. The van der Waals surface area contributed by atoms with Crippen LogP contribution in [0.25, 0.3) is 0 Å². The van der Waals surface area contributed by atoms with E-state index in [1.807, 2.05) is 24.3 Å². The second kappa shape index (κ2) is 9.83. The third-order valence-corrected chi connectivity index (χ3v) is 4.80. The molecule has 0 aliphatic carbocycles. The van der Waals surface area contributed by atoms with Gasteiger partial charge in [-0.1, -0.05) is 19.1 Å². The Morgan fingerprint density at radius 1 is 1.31 bits per heavy atom. The van der Waals surface area contributed by atoms with Gasteiger partial charge in [0.15, 0.2) is 0 Å². The average Bonchev–Trinajstić information content (AvgIpc) is 2.90. The molecule has 2 atom stereocenters. The average molecular weight is 410 g/mol. The van der Waals surface area contributed by atoms with Crippen molar-refractivity contribution in [3.8, 4) is 0 Å². The molecule has 2 heterocycles. The molecule has 1 aromatic rings. The maximum absolute atomic E-state index is 13.1. The summed E-state index contributed by atoms with van der Waals surface area (Å²) < 4.78 is 26.3. The van der Waals surface area contributed by atoms with Crippen LogP contribution in [-0.2, 0) is 11.3 Å². The summed E-state index contributed by atoms with van der Waals surface area (Å²) in [5.41, 5.74) is 1.85. The zero-order valence-corrected chi connectivity index (χ0v) is 16.5. The molecule has 0 radical (unpaired) electrons. The van der Waals surface area contributed by atoms with Crippen molar-refractivity contribution in [3.63, 3.8) is 0 Å². The van der Waals surface area contributed by atoms with E-state index in [2.05, 4.69) is 22.5 Å². The van der Waals surface area contributed by atoms with Gasteiger partial charge < -0.3 is 5.32 Å². The van der Waals surface area contributed by atoms with Crippen molar-refractivity contribution in [1.29, 1.82) is 0 Å². The number of alkyl halides is 2. The SMILES string of the molecule is CC1CCCN(Cc2ccc(NC(=O)C3CC(F)(F)CN3)cc2)C1.Cl.Cl. The molecule has 2 fully saturated rings. The smallest absolute Gasteiger partial charge is 0.262 e. The highest BCUT2D eigenvalue weighted by molar-refractivity contribution is 5.95. The van der Waals surface area contributed by atoms with E-state index in [0.717, 1.165) is 25.6 Å². The Labute approximate surface area is 165 Å². The summed E-state index contributed by atoms with van der Waals surface area (Å²) >= 11 is 0. The van der Waals surface area contributed by atoms with Gasteiger partial charge in [-0.15, -0.1) is 24.8 Å². The topological polar surface area (TPSA) is 44.4 Å². The number of likely N-dealkylation sites (tertiary alicyclic amines) is 1. The first-order valence-electron chi connectivity index (χ1n) is 8.65. The van der Waals surface area contributed by atoms with Crippen molar-refractivity contribution in [2.75, 3.05) is 25.0 Å². The van der Waals surface area contributed by atoms with Gasteiger partial charge in [-0.05, 0) is 43.0 Å². The van der Waals surface area contributed by atoms with Crippen molar-refractivity contribution in [3.05, 3.63) is 29.8 Å². The lowest BCUT2D eigenvalue weighted by molar-refractivity contribution is -0.118. The fourth-order valence-corrected chi connectivity index (χ4v) is 3.51. The number of amides is 1. The number of carbonyl (C=O) groups is 1. The zero-order valence-electron chi connectivity index (χ0n) is 14.8. The molecular weight excluding hydrogens is 383 g/mol. The molecule has 4 nitrogen and oxygen atoms in total. The van der Waals surface area contributed by atoms with Crippen molar-refractivity contribution < 1.29 is 13.6 Å². The largest absolute Gasteiger partial charge is 0.325 e. The lowest BCUT2D eigenvalue weighted by Crippen LogP contribution is -2.35. The van der Waals surface area contributed by atoms with E-state index in [1.165, 1.54) is 18.4 Å². The van der Waals surface area contributed by atoms with Crippen LogP contribution in [0.4, 0.5) is 14.5 Å². The van der Waals surface area contributed by atoms with E-state index in [0.29, 0.717) is 5.69 Å². The number of hydrogen-bond donors (Lipinski definition) is 2. The van der Waals surface area contributed by atoms with Crippen molar-refractivity contribution in [1.82, 2.24) is 10.2 Å². The summed E-state index contributed by atoms with van der Waals surface area (Å²) in [4.78, 5) is 14.5. The molecule has 2 N–H and O–H groups in total. The van der Waals surface area contributed by atoms with Gasteiger partial charge in [0.2, 0.25) is 5.91 Å². The van der Waals surface area contributed by atoms with Gasteiger partial charge in [0.25, 0.3) is 5.92 Å². The van der Waals surface area contributed by atoms with Crippen LogP contribution in [0, 0.1) is 5.92 Å². The standard InChI is InChI=1S/C18H25F2N3O.2ClH/c1-13-3-2-8-23(10-13)11-14-4-6-15(7-5-14)22-17(24)16-9-18(19,20)12-21-16;;/h4-7,13,16,21H,2-3,8-12H2,1H3,(H,22,24);2*1H. The number of nitrogens with zero attached hydrogens (tertiary/aromatic N) is 1. The number of piperidine rings is 1. The maximum atomic E-state index is 13.1. The molecule has 2 aliphatic heterocycles. The van der Waals surface area contributed by atoms with Crippen LogP contribution in [0.3, 0.4) is 0 Å². The third-order valence-electron chi connectivity index (χ3n) is 4.80. The highest BCUT2D eigenvalue weighted by Gasteiger charge is 2.42. The second-order valence-corrected chi connectivity index (χ2v) is 7.16. The van der Waals surface area contributed by atoms with Crippen LogP contribution in [0.1, 0.15) is 31.7 Å². The number of hydrogen-bond acceptors (Lipinski definition) is 3. The molecule has 1 amide bonds. The third kappa shape index (κ3) is 6.34. The molecule has 1 aromatic carbocycles. The van der Waals surface area contributed by atoms with E-state index in [4.69, 9.17) is 0 Å². The monoisotopic (exact) mass is 409 g/mol. The Balaban J connectivity index is 0.00000169. The van der Waals surface area contributed by atoms with E-state index in [9.17, 15) is 13.6 Å². The van der Waals surface area contributed by atoms with Crippen LogP contribution >= 0.6 is 24.8 Å². The normalized spacial score (nSPS) is 25.0. The molecular formula is C18H27Cl2F2N3O. The van der Waals surface area contributed by atoms with Crippen LogP contribution in [0.5, 0.6) is 0 Å². The first-order valence-corrected chi connectivity index (χ1v) is 8.65. The molecule has 3 rings (SSSR count). The van der Waals surface area contributed by atoms with Gasteiger partial charge in [0, 0.05) is 25.2 Å². The predicted octanol–water partition coefficient (Wildman–Crippen LogP) is 3.70. The van der Waals surface area contributed by atoms with Crippen LogP contribution in [-0.4, -0.2) is 42.4 Å². The fraction of sp³-hybridized carbons (Fsp3) is 0.611. The van der Waals surface area contributed by atoms with Crippen molar-refractivity contribution in [2.24, 2.45) is 5.92 Å². The minimum absolute atomic E-state index is 0. The van der Waals surface area contributed by atoms with Crippen LogP contribution < -0.4 is 10.6 Å². The summed E-state index contributed by atoms with van der Waals surface area (Å²) in [5, 5.41) is 5.28.